The summed E-state index contributed by atoms with van der Waals surface area (Å²) in [6, 6.07) is 14.7. The molecule has 0 radical (unpaired) electrons. The Balaban J connectivity index is 1.74. The van der Waals surface area contributed by atoms with Crippen molar-refractivity contribution < 1.29 is 14.8 Å². The lowest BCUT2D eigenvalue weighted by molar-refractivity contribution is 0.0994. The monoisotopic (exact) mass is 388 g/mol. The Kier molecular flexibility index (Phi) is 4.94. The molecule has 9 nitrogen and oxygen atoms in total. The van der Waals surface area contributed by atoms with Crippen LogP contribution >= 0.6 is 0 Å². The predicted octanol–water partition coefficient (Wildman–Crippen LogP) is 0.182. The number of carbonyl (C=O) groups is 1. The quantitative estimate of drug-likeness (QED) is 0.346. The first-order valence-corrected chi connectivity index (χ1v) is 8.81. The second-order valence-electron chi connectivity index (χ2n) is 6.33. The van der Waals surface area contributed by atoms with E-state index < -0.39 is 13.0 Å². The van der Waals surface area contributed by atoms with Gasteiger partial charge in [0.2, 0.25) is 0 Å². The van der Waals surface area contributed by atoms with Crippen molar-refractivity contribution >= 4 is 29.8 Å². The summed E-state index contributed by atoms with van der Waals surface area (Å²) in [7, 11) is -1.73. The molecule has 5 N–H and O–H groups in total. The Hall–Kier alpha value is -3.76. The molecule has 3 heterocycles. The number of nitrogens with zero attached hydrogens (tertiary/aromatic N) is 4. The maximum absolute atomic E-state index is 11.6. The standard InChI is InChI=1S/C19H17BN6O3/c21-17(27)15-8-4-7-14-16(24-11-26(14)15)19-23-10-13(20(28)29)18(25-19)22-9-12-5-2-1-3-6-12/h1-8,10-11,28-29H,9H2,(H2,21,27)(H,22,23,25). The number of carbonyl (C=O) groups excluding carboxylic acids is 1. The minimum Gasteiger partial charge on any atom is -0.423 e. The van der Waals surface area contributed by atoms with Gasteiger partial charge in [0.25, 0.3) is 5.91 Å². The minimum absolute atomic E-state index is 0.144. The van der Waals surface area contributed by atoms with Crippen LogP contribution < -0.4 is 16.5 Å². The molecule has 0 unspecified atom stereocenters. The number of pyridine rings is 1. The smallest absolute Gasteiger partial charge is 0.423 e. The van der Waals surface area contributed by atoms with E-state index in [0.717, 1.165) is 5.56 Å². The predicted molar refractivity (Wildman–Crippen MR) is 108 cm³/mol. The second kappa shape index (κ2) is 7.70. The number of imidazole rings is 1. The molecule has 0 saturated heterocycles. The summed E-state index contributed by atoms with van der Waals surface area (Å²) < 4.78 is 1.56. The van der Waals surface area contributed by atoms with E-state index in [-0.39, 0.29) is 22.8 Å². The zero-order chi connectivity index (χ0) is 20.4. The average Bonchev–Trinajstić information content (AvgIpc) is 3.16. The maximum atomic E-state index is 11.6. The van der Waals surface area contributed by atoms with Crippen molar-refractivity contribution in [2.75, 3.05) is 5.32 Å². The van der Waals surface area contributed by atoms with Gasteiger partial charge in [-0.15, -0.1) is 0 Å². The van der Waals surface area contributed by atoms with E-state index in [2.05, 4.69) is 20.3 Å². The highest BCUT2D eigenvalue weighted by Crippen LogP contribution is 2.21. The van der Waals surface area contributed by atoms with Crippen LogP contribution in [0.25, 0.3) is 17.0 Å². The molecule has 0 fully saturated rings. The number of rotatable bonds is 6. The summed E-state index contributed by atoms with van der Waals surface area (Å²) in [5.41, 5.74) is 7.89. The highest BCUT2D eigenvalue weighted by molar-refractivity contribution is 6.60. The summed E-state index contributed by atoms with van der Waals surface area (Å²) >= 11 is 0. The largest absolute Gasteiger partial charge is 0.493 e. The van der Waals surface area contributed by atoms with Crippen molar-refractivity contribution in [1.82, 2.24) is 19.4 Å². The van der Waals surface area contributed by atoms with Gasteiger partial charge in [-0.2, -0.15) is 0 Å². The zero-order valence-electron chi connectivity index (χ0n) is 15.2. The SMILES string of the molecule is NC(=O)c1cccc2c(-c3ncc(B(O)O)c(NCc4ccccc4)n3)ncn12. The molecule has 0 aliphatic rings. The molecule has 0 aliphatic heterocycles. The summed E-state index contributed by atoms with van der Waals surface area (Å²) in [6.07, 6.45) is 2.81. The molecule has 0 aliphatic carbocycles. The summed E-state index contributed by atoms with van der Waals surface area (Å²) in [5, 5.41) is 22.4. The van der Waals surface area contributed by atoms with E-state index in [1.54, 1.807) is 22.6 Å². The Morgan fingerprint density at radius 1 is 1.10 bits per heavy atom. The molecule has 4 rings (SSSR count). The lowest BCUT2D eigenvalue weighted by Gasteiger charge is -2.11. The molecular formula is C19H17BN6O3. The average molecular weight is 388 g/mol. The number of hydrogen-bond acceptors (Lipinski definition) is 7. The Labute approximate surface area is 166 Å². The van der Waals surface area contributed by atoms with Crippen LogP contribution in [0.5, 0.6) is 0 Å². The molecule has 10 heteroatoms. The van der Waals surface area contributed by atoms with E-state index in [0.29, 0.717) is 17.8 Å². The summed E-state index contributed by atoms with van der Waals surface area (Å²) in [5.74, 6) is -0.0282. The third-order valence-corrected chi connectivity index (χ3v) is 4.43. The highest BCUT2D eigenvalue weighted by atomic mass is 16.4. The lowest BCUT2D eigenvalue weighted by Crippen LogP contribution is -2.34. The fourth-order valence-corrected chi connectivity index (χ4v) is 3.01. The number of nitrogens with one attached hydrogen (secondary N) is 1. The van der Waals surface area contributed by atoms with Crippen molar-refractivity contribution in [2.45, 2.75) is 6.54 Å². The molecule has 29 heavy (non-hydrogen) atoms. The molecule has 0 spiro atoms. The van der Waals surface area contributed by atoms with Gasteiger partial charge in [-0.1, -0.05) is 36.4 Å². The molecule has 1 amide bonds. The van der Waals surface area contributed by atoms with Gasteiger partial charge in [0.15, 0.2) is 5.82 Å². The van der Waals surface area contributed by atoms with Gasteiger partial charge >= 0.3 is 7.12 Å². The van der Waals surface area contributed by atoms with Crippen molar-refractivity contribution in [1.29, 1.82) is 0 Å². The van der Waals surface area contributed by atoms with Crippen molar-refractivity contribution in [3.63, 3.8) is 0 Å². The van der Waals surface area contributed by atoms with Gasteiger partial charge in [0.05, 0.1) is 5.52 Å². The van der Waals surface area contributed by atoms with E-state index in [4.69, 9.17) is 5.73 Å². The third kappa shape index (κ3) is 3.66. The zero-order valence-corrected chi connectivity index (χ0v) is 15.2. The van der Waals surface area contributed by atoms with Gasteiger partial charge < -0.3 is 21.1 Å². The van der Waals surface area contributed by atoms with Gasteiger partial charge in [-0.3, -0.25) is 9.20 Å². The van der Waals surface area contributed by atoms with E-state index >= 15 is 0 Å². The minimum atomic E-state index is -1.73. The Morgan fingerprint density at radius 3 is 2.62 bits per heavy atom. The van der Waals surface area contributed by atoms with E-state index in [9.17, 15) is 14.8 Å². The van der Waals surface area contributed by atoms with Crippen molar-refractivity contribution in [3.8, 4) is 11.5 Å². The van der Waals surface area contributed by atoms with Gasteiger partial charge in [0.1, 0.15) is 23.5 Å². The number of nitrogens with two attached hydrogens (primary N) is 1. The number of benzene rings is 1. The van der Waals surface area contributed by atoms with E-state index in [1.807, 2.05) is 30.3 Å². The second-order valence-corrected chi connectivity index (χ2v) is 6.33. The van der Waals surface area contributed by atoms with Crippen LogP contribution in [0.4, 0.5) is 5.82 Å². The number of primary amides is 1. The van der Waals surface area contributed by atoms with Crippen LogP contribution in [0.1, 0.15) is 16.1 Å². The van der Waals surface area contributed by atoms with Crippen LogP contribution in [0.2, 0.25) is 0 Å². The normalized spacial score (nSPS) is 10.8. The van der Waals surface area contributed by atoms with Crippen LogP contribution in [-0.2, 0) is 6.54 Å². The first kappa shape index (κ1) is 18.6. The summed E-state index contributed by atoms with van der Waals surface area (Å²) in [6.45, 7) is 0.437. The number of anilines is 1. The molecule has 3 aromatic heterocycles. The molecule has 0 bridgehead atoms. The molecule has 1 aromatic carbocycles. The third-order valence-electron chi connectivity index (χ3n) is 4.43. The van der Waals surface area contributed by atoms with Crippen molar-refractivity contribution in [2.24, 2.45) is 5.73 Å². The topological polar surface area (TPSA) is 139 Å². The summed E-state index contributed by atoms with van der Waals surface area (Å²) in [4.78, 5) is 24.6. The molecular weight excluding hydrogens is 371 g/mol. The Morgan fingerprint density at radius 2 is 1.90 bits per heavy atom. The van der Waals surface area contributed by atoms with Crippen LogP contribution in [0.15, 0.2) is 61.1 Å². The van der Waals surface area contributed by atoms with Gasteiger partial charge in [0, 0.05) is 18.2 Å². The first-order valence-electron chi connectivity index (χ1n) is 8.81. The fraction of sp³-hybridized carbons (Fsp3) is 0.0526. The number of aromatic nitrogens is 4. The number of hydrogen-bond donors (Lipinski definition) is 4. The molecule has 0 atom stereocenters. The van der Waals surface area contributed by atoms with Gasteiger partial charge in [-0.05, 0) is 17.7 Å². The highest BCUT2D eigenvalue weighted by Gasteiger charge is 2.21. The molecule has 0 saturated carbocycles. The van der Waals surface area contributed by atoms with E-state index in [1.165, 1.54) is 12.5 Å². The van der Waals surface area contributed by atoms with Crippen LogP contribution in [-0.4, -0.2) is 42.4 Å². The van der Waals surface area contributed by atoms with Crippen molar-refractivity contribution in [3.05, 3.63) is 72.3 Å². The molecule has 4 aromatic rings. The fourth-order valence-electron chi connectivity index (χ4n) is 3.01. The Bertz CT molecular complexity index is 1180. The first-order chi connectivity index (χ1) is 14.0. The molecule has 144 valence electrons. The lowest BCUT2D eigenvalue weighted by atomic mass is 9.81. The number of fused-ring (bicyclic) bond motifs is 1. The number of amides is 1. The maximum Gasteiger partial charge on any atom is 0.493 e. The van der Waals surface area contributed by atoms with Crippen LogP contribution in [0.3, 0.4) is 0 Å². The van der Waals surface area contributed by atoms with Gasteiger partial charge in [-0.25, -0.2) is 15.0 Å². The van der Waals surface area contributed by atoms with Crippen LogP contribution in [0, 0.1) is 0 Å².